The van der Waals surface area contributed by atoms with Crippen molar-refractivity contribution in [1.29, 1.82) is 0 Å². The van der Waals surface area contributed by atoms with Gasteiger partial charge in [-0.2, -0.15) is 12.7 Å². The van der Waals surface area contributed by atoms with Crippen molar-refractivity contribution < 1.29 is 27.9 Å². The van der Waals surface area contributed by atoms with Crippen LogP contribution in [0.2, 0.25) is 0 Å². The standard InChI is InChI=1S/C11H20N2O6S/c1-3-4-11(9(14)15)5-7-13(8-6-11)20(17,18)12-10(16)19-2/h3-8H2,1-2H3,(H,12,16)(H,14,15). The van der Waals surface area contributed by atoms with E-state index >= 15 is 0 Å². The second-order valence-corrected chi connectivity index (χ2v) is 6.50. The predicted molar refractivity (Wildman–Crippen MR) is 70.2 cm³/mol. The second-order valence-electron chi connectivity index (χ2n) is 4.83. The number of rotatable bonds is 5. The maximum Gasteiger partial charge on any atom is 0.421 e. The molecule has 1 amide bonds. The predicted octanol–water partition coefficient (Wildman–Crippen LogP) is 0.554. The van der Waals surface area contributed by atoms with Gasteiger partial charge < -0.3 is 9.84 Å². The number of methoxy groups -OCH3 is 1. The van der Waals surface area contributed by atoms with Gasteiger partial charge >= 0.3 is 22.3 Å². The molecule has 9 heteroatoms. The van der Waals surface area contributed by atoms with Gasteiger partial charge in [-0.05, 0) is 19.3 Å². The molecule has 0 radical (unpaired) electrons. The van der Waals surface area contributed by atoms with Crippen LogP contribution in [0.4, 0.5) is 4.79 Å². The molecule has 0 saturated carbocycles. The molecule has 0 aromatic rings. The van der Waals surface area contributed by atoms with Crippen molar-refractivity contribution in [3.8, 4) is 0 Å². The number of hydrogen-bond acceptors (Lipinski definition) is 5. The minimum absolute atomic E-state index is 0.0681. The molecule has 0 aliphatic carbocycles. The van der Waals surface area contributed by atoms with Crippen LogP contribution in [0.1, 0.15) is 32.6 Å². The SMILES string of the molecule is CCCC1(C(=O)O)CCN(S(=O)(=O)NC(=O)OC)CC1. The fourth-order valence-corrected chi connectivity index (χ4v) is 3.50. The van der Waals surface area contributed by atoms with E-state index in [4.69, 9.17) is 0 Å². The summed E-state index contributed by atoms with van der Waals surface area (Å²) in [5.41, 5.74) is -0.869. The Bertz CT molecular complexity index is 467. The molecule has 0 spiro atoms. The molecular weight excluding hydrogens is 288 g/mol. The first-order valence-corrected chi connectivity index (χ1v) is 7.80. The Kier molecular flexibility index (Phi) is 5.35. The number of nitrogens with one attached hydrogen (secondary N) is 1. The summed E-state index contributed by atoms with van der Waals surface area (Å²) in [6.45, 7) is 2.03. The van der Waals surface area contributed by atoms with Crippen LogP contribution in [-0.2, 0) is 19.7 Å². The number of carbonyl (C=O) groups is 2. The van der Waals surface area contributed by atoms with Gasteiger partial charge in [0, 0.05) is 13.1 Å². The van der Waals surface area contributed by atoms with Crippen molar-refractivity contribution in [3.05, 3.63) is 0 Å². The van der Waals surface area contributed by atoms with Gasteiger partial charge in [0.1, 0.15) is 0 Å². The summed E-state index contributed by atoms with van der Waals surface area (Å²) in [5.74, 6) is -0.891. The maximum atomic E-state index is 11.9. The van der Waals surface area contributed by atoms with Crippen molar-refractivity contribution in [3.63, 3.8) is 0 Å². The number of piperidine rings is 1. The first-order chi connectivity index (χ1) is 9.27. The summed E-state index contributed by atoms with van der Waals surface area (Å²) in [6.07, 6.45) is 0.644. The molecule has 0 aromatic heterocycles. The number of nitrogens with zero attached hydrogens (tertiary/aromatic N) is 1. The lowest BCUT2D eigenvalue weighted by molar-refractivity contribution is -0.152. The van der Waals surface area contributed by atoms with Gasteiger partial charge in [0.15, 0.2) is 0 Å². The summed E-state index contributed by atoms with van der Waals surface area (Å²) in [6, 6.07) is 0. The van der Waals surface area contributed by atoms with Gasteiger partial charge in [-0.3, -0.25) is 4.79 Å². The topological polar surface area (TPSA) is 113 Å². The van der Waals surface area contributed by atoms with E-state index in [0.29, 0.717) is 6.42 Å². The molecule has 0 bridgehead atoms. The third-order valence-electron chi connectivity index (χ3n) is 3.60. The largest absolute Gasteiger partial charge is 0.481 e. The Morgan fingerprint density at radius 1 is 1.35 bits per heavy atom. The van der Waals surface area contributed by atoms with E-state index in [1.807, 2.05) is 6.92 Å². The Morgan fingerprint density at radius 3 is 2.30 bits per heavy atom. The lowest BCUT2D eigenvalue weighted by Gasteiger charge is -2.37. The average molecular weight is 308 g/mol. The van der Waals surface area contributed by atoms with Gasteiger partial charge in [-0.1, -0.05) is 13.3 Å². The molecule has 1 heterocycles. The Morgan fingerprint density at radius 2 is 1.90 bits per heavy atom. The number of carboxylic acid groups (broad SMARTS) is 1. The molecule has 0 unspecified atom stereocenters. The van der Waals surface area contributed by atoms with Gasteiger partial charge in [0.2, 0.25) is 0 Å². The number of carbonyl (C=O) groups excluding carboxylic acids is 1. The van der Waals surface area contributed by atoms with Crippen LogP contribution in [-0.4, -0.2) is 50.1 Å². The maximum absolute atomic E-state index is 11.9. The molecule has 0 atom stereocenters. The average Bonchev–Trinajstić information content (AvgIpc) is 2.38. The summed E-state index contributed by atoms with van der Waals surface area (Å²) >= 11 is 0. The molecule has 1 rings (SSSR count). The normalized spacial score (nSPS) is 19.3. The molecule has 1 saturated heterocycles. The summed E-state index contributed by atoms with van der Waals surface area (Å²) in [5, 5.41) is 9.33. The lowest BCUT2D eigenvalue weighted by Crippen LogP contribution is -2.50. The van der Waals surface area contributed by atoms with E-state index in [1.165, 1.54) is 0 Å². The van der Waals surface area contributed by atoms with Crippen LogP contribution in [0.15, 0.2) is 0 Å². The van der Waals surface area contributed by atoms with E-state index < -0.39 is 27.7 Å². The van der Waals surface area contributed by atoms with Crippen LogP contribution in [0.25, 0.3) is 0 Å². The van der Waals surface area contributed by atoms with Crippen molar-refractivity contribution in [2.75, 3.05) is 20.2 Å². The Hall–Kier alpha value is -1.35. The van der Waals surface area contributed by atoms with Crippen molar-refractivity contribution in [2.45, 2.75) is 32.6 Å². The van der Waals surface area contributed by atoms with Crippen LogP contribution in [0, 0.1) is 5.41 Å². The Balaban J connectivity index is 2.74. The molecule has 1 aliphatic heterocycles. The Labute approximate surface area is 118 Å². The highest BCUT2D eigenvalue weighted by Crippen LogP contribution is 2.37. The van der Waals surface area contributed by atoms with Crippen LogP contribution >= 0.6 is 0 Å². The monoisotopic (exact) mass is 308 g/mol. The number of ether oxygens (including phenoxy) is 1. The quantitative estimate of drug-likeness (QED) is 0.767. The van der Waals surface area contributed by atoms with Crippen LogP contribution < -0.4 is 4.72 Å². The zero-order chi connectivity index (χ0) is 15.4. The summed E-state index contributed by atoms with van der Waals surface area (Å²) in [7, 11) is -2.90. The molecule has 2 N–H and O–H groups in total. The van der Waals surface area contributed by atoms with Crippen molar-refractivity contribution >= 4 is 22.3 Å². The van der Waals surface area contributed by atoms with E-state index in [-0.39, 0.29) is 25.9 Å². The van der Waals surface area contributed by atoms with Crippen molar-refractivity contribution in [1.82, 2.24) is 9.03 Å². The van der Waals surface area contributed by atoms with Gasteiger partial charge in [0.05, 0.1) is 12.5 Å². The molecule has 1 aliphatic rings. The van der Waals surface area contributed by atoms with Gasteiger partial charge in [0.25, 0.3) is 0 Å². The van der Waals surface area contributed by atoms with Gasteiger partial charge in [-0.15, -0.1) is 0 Å². The van der Waals surface area contributed by atoms with Crippen molar-refractivity contribution in [2.24, 2.45) is 5.41 Å². The van der Waals surface area contributed by atoms with Gasteiger partial charge in [-0.25, -0.2) is 9.52 Å². The molecule has 8 nitrogen and oxygen atoms in total. The van der Waals surface area contributed by atoms with E-state index in [9.17, 15) is 23.1 Å². The zero-order valence-electron chi connectivity index (χ0n) is 11.6. The fourth-order valence-electron chi connectivity index (χ4n) is 2.42. The molecule has 1 fully saturated rings. The third-order valence-corrected chi connectivity index (χ3v) is 5.07. The highest BCUT2D eigenvalue weighted by atomic mass is 32.2. The molecule has 116 valence electrons. The number of amides is 1. The highest BCUT2D eigenvalue weighted by molar-refractivity contribution is 7.87. The molecule has 0 aromatic carbocycles. The van der Waals surface area contributed by atoms with E-state index in [0.717, 1.165) is 17.8 Å². The van der Waals surface area contributed by atoms with E-state index in [2.05, 4.69) is 4.74 Å². The third kappa shape index (κ3) is 3.60. The molecular formula is C11H20N2O6S. The summed E-state index contributed by atoms with van der Waals surface area (Å²) < 4.78 is 30.8. The number of aliphatic carboxylic acids is 1. The summed E-state index contributed by atoms with van der Waals surface area (Å²) in [4.78, 5) is 22.4. The zero-order valence-corrected chi connectivity index (χ0v) is 12.4. The fraction of sp³-hybridized carbons (Fsp3) is 0.818. The minimum atomic E-state index is -3.97. The first-order valence-electron chi connectivity index (χ1n) is 6.36. The minimum Gasteiger partial charge on any atom is -0.481 e. The van der Waals surface area contributed by atoms with Crippen LogP contribution in [0.5, 0.6) is 0 Å². The number of carboxylic acids is 1. The smallest absolute Gasteiger partial charge is 0.421 e. The lowest BCUT2D eigenvalue weighted by atomic mass is 9.75. The first kappa shape index (κ1) is 16.7. The van der Waals surface area contributed by atoms with E-state index in [1.54, 1.807) is 4.72 Å². The number of hydrogen-bond donors (Lipinski definition) is 2. The van der Waals surface area contributed by atoms with Crippen LogP contribution in [0.3, 0.4) is 0 Å². The molecule has 20 heavy (non-hydrogen) atoms. The second kappa shape index (κ2) is 6.40. The highest BCUT2D eigenvalue weighted by Gasteiger charge is 2.43.